The zero-order chi connectivity index (χ0) is 20.5. The molecule has 0 spiro atoms. The number of anilines is 3. The fourth-order valence-electron chi connectivity index (χ4n) is 3.14. The Hall–Kier alpha value is -3.33. The van der Waals surface area contributed by atoms with E-state index in [0.717, 1.165) is 4.90 Å². The number of ether oxygens (including phenoxy) is 1. The van der Waals surface area contributed by atoms with Gasteiger partial charge in [0.25, 0.3) is 5.91 Å². The van der Waals surface area contributed by atoms with E-state index in [4.69, 9.17) is 4.74 Å². The normalized spacial score (nSPS) is 16.1. The van der Waals surface area contributed by atoms with Crippen LogP contribution >= 0.6 is 11.8 Å². The van der Waals surface area contributed by atoms with Crippen LogP contribution in [0.15, 0.2) is 47.4 Å². The van der Waals surface area contributed by atoms with Gasteiger partial charge in [0.2, 0.25) is 11.8 Å². The second-order valence-corrected chi connectivity index (χ2v) is 7.60. The van der Waals surface area contributed by atoms with Crippen molar-refractivity contribution in [2.75, 3.05) is 27.8 Å². The number of carbonyl (C=O) groups is 4. The third-order valence-corrected chi connectivity index (χ3v) is 5.59. The molecule has 2 aliphatic heterocycles. The van der Waals surface area contributed by atoms with Crippen molar-refractivity contribution in [1.82, 2.24) is 0 Å². The Balaban J connectivity index is 1.49. The van der Waals surface area contributed by atoms with E-state index in [-0.39, 0.29) is 23.9 Å². The van der Waals surface area contributed by atoms with Crippen LogP contribution < -0.4 is 15.5 Å². The highest BCUT2D eigenvalue weighted by atomic mass is 32.2. The summed E-state index contributed by atoms with van der Waals surface area (Å²) >= 11 is 1.39. The predicted octanol–water partition coefficient (Wildman–Crippen LogP) is 2.26. The number of carbonyl (C=O) groups excluding carboxylic acids is 4. The van der Waals surface area contributed by atoms with Gasteiger partial charge in [-0.2, -0.15) is 0 Å². The first-order chi connectivity index (χ1) is 13.9. The minimum absolute atomic E-state index is 0.140. The van der Waals surface area contributed by atoms with E-state index in [0.29, 0.717) is 22.8 Å². The van der Waals surface area contributed by atoms with Crippen LogP contribution in [0.5, 0.6) is 0 Å². The number of hydrogen-bond donors (Lipinski definition) is 2. The van der Waals surface area contributed by atoms with Crippen molar-refractivity contribution in [1.29, 1.82) is 0 Å². The molecule has 0 fully saturated rings. The Kier molecular flexibility index (Phi) is 4.98. The van der Waals surface area contributed by atoms with Crippen LogP contribution in [-0.4, -0.2) is 42.1 Å². The van der Waals surface area contributed by atoms with Gasteiger partial charge in [-0.05, 0) is 37.3 Å². The molecule has 0 radical (unpaired) electrons. The molecule has 2 aromatic carbocycles. The fourth-order valence-corrected chi connectivity index (χ4v) is 3.93. The van der Waals surface area contributed by atoms with E-state index in [9.17, 15) is 19.2 Å². The van der Waals surface area contributed by atoms with Gasteiger partial charge in [-0.3, -0.25) is 19.3 Å². The lowest BCUT2D eigenvalue weighted by Gasteiger charge is -2.30. The Bertz CT molecular complexity index is 1040. The smallest absolute Gasteiger partial charge is 0.338 e. The van der Waals surface area contributed by atoms with Gasteiger partial charge < -0.3 is 15.4 Å². The molecule has 2 heterocycles. The van der Waals surface area contributed by atoms with Crippen LogP contribution in [0.2, 0.25) is 0 Å². The van der Waals surface area contributed by atoms with Crippen molar-refractivity contribution in [2.45, 2.75) is 17.9 Å². The molecule has 29 heavy (non-hydrogen) atoms. The van der Waals surface area contributed by atoms with Crippen molar-refractivity contribution in [3.05, 3.63) is 48.0 Å². The van der Waals surface area contributed by atoms with Crippen LogP contribution in [0.1, 0.15) is 17.3 Å². The first kappa shape index (κ1) is 19.0. The lowest BCUT2D eigenvalue weighted by atomic mass is 10.1. The van der Waals surface area contributed by atoms with Gasteiger partial charge in [0.1, 0.15) is 6.54 Å². The maximum absolute atomic E-state index is 12.9. The molecule has 0 aromatic heterocycles. The predicted molar refractivity (Wildman–Crippen MR) is 108 cm³/mol. The quantitative estimate of drug-likeness (QED) is 0.751. The van der Waals surface area contributed by atoms with Crippen molar-refractivity contribution in [3.63, 3.8) is 0 Å². The molecular formula is C20H17N3O5S. The molecule has 0 bridgehead atoms. The molecule has 0 saturated carbocycles. The Morgan fingerprint density at radius 1 is 1.07 bits per heavy atom. The summed E-state index contributed by atoms with van der Waals surface area (Å²) in [6.45, 7) is 1.31. The Morgan fingerprint density at radius 3 is 2.66 bits per heavy atom. The molecule has 148 valence electrons. The van der Waals surface area contributed by atoms with Crippen molar-refractivity contribution in [3.8, 4) is 0 Å². The summed E-state index contributed by atoms with van der Waals surface area (Å²) in [5.41, 5.74) is 1.84. The highest BCUT2D eigenvalue weighted by Crippen LogP contribution is 2.32. The largest absolute Gasteiger partial charge is 0.449 e. The van der Waals surface area contributed by atoms with Crippen molar-refractivity contribution < 1.29 is 23.9 Å². The summed E-state index contributed by atoms with van der Waals surface area (Å²) in [6, 6.07) is 11.8. The molecule has 1 unspecified atom stereocenters. The zero-order valence-corrected chi connectivity index (χ0v) is 16.2. The minimum Gasteiger partial charge on any atom is -0.449 e. The maximum atomic E-state index is 12.9. The third kappa shape index (κ3) is 3.81. The van der Waals surface area contributed by atoms with Gasteiger partial charge in [0, 0.05) is 4.90 Å². The van der Waals surface area contributed by atoms with Gasteiger partial charge in [-0.25, -0.2) is 4.79 Å². The van der Waals surface area contributed by atoms with Gasteiger partial charge in [0.05, 0.1) is 28.4 Å². The molecule has 3 amide bonds. The molecule has 4 rings (SSSR count). The molecule has 0 saturated heterocycles. The number of hydrogen-bond acceptors (Lipinski definition) is 6. The molecule has 8 nitrogen and oxygen atoms in total. The maximum Gasteiger partial charge on any atom is 0.338 e. The summed E-state index contributed by atoms with van der Waals surface area (Å²) in [7, 11) is 0. The number of fused-ring (bicyclic) bond motifs is 2. The van der Waals surface area contributed by atoms with E-state index in [2.05, 4.69) is 10.6 Å². The number of nitrogens with zero attached hydrogens (tertiary/aromatic N) is 1. The minimum atomic E-state index is -1.10. The summed E-state index contributed by atoms with van der Waals surface area (Å²) < 4.78 is 5.34. The van der Waals surface area contributed by atoms with E-state index in [1.807, 2.05) is 0 Å². The fraction of sp³-hybridized carbons (Fsp3) is 0.200. The van der Waals surface area contributed by atoms with Crippen LogP contribution in [0.4, 0.5) is 17.1 Å². The van der Waals surface area contributed by atoms with Gasteiger partial charge in [0.15, 0.2) is 6.10 Å². The monoisotopic (exact) mass is 411 g/mol. The molecule has 2 N–H and O–H groups in total. The Labute approximate surface area is 170 Å². The van der Waals surface area contributed by atoms with Gasteiger partial charge in [-0.1, -0.05) is 12.1 Å². The number of esters is 1. The number of nitrogens with one attached hydrogen (secondary N) is 2. The third-order valence-electron chi connectivity index (χ3n) is 4.52. The number of thioether (sulfide) groups is 1. The second kappa shape index (κ2) is 7.59. The van der Waals surface area contributed by atoms with Crippen molar-refractivity contribution in [2.24, 2.45) is 0 Å². The molecular weight excluding hydrogens is 394 g/mol. The van der Waals surface area contributed by atoms with E-state index >= 15 is 0 Å². The first-order valence-electron chi connectivity index (χ1n) is 8.90. The van der Waals surface area contributed by atoms with Crippen LogP contribution in [0, 0.1) is 0 Å². The molecule has 9 heteroatoms. The summed E-state index contributed by atoms with van der Waals surface area (Å²) in [5.74, 6) is -1.32. The lowest BCUT2D eigenvalue weighted by molar-refractivity contribution is -0.128. The molecule has 1 atom stereocenters. The van der Waals surface area contributed by atoms with Crippen molar-refractivity contribution >= 4 is 52.5 Å². The summed E-state index contributed by atoms with van der Waals surface area (Å²) in [5, 5.41) is 5.42. The number of rotatable bonds is 3. The molecule has 2 aromatic rings. The summed E-state index contributed by atoms with van der Waals surface area (Å²) in [6.07, 6.45) is -1.10. The van der Waals surface area contributed by atoms with Gasteiger partial charge >= 0.3 is 5.97 Å². The van der Waals surface area contributed by atoms with E-state index in [1.165, 1.54) is 29.7 Å². The number of benzene rings is 2. The van der Waals surface area contributed by atoms with E-state index < -0.39 is 18.0 Å². The molecule has 0 aliphatic carbocycles. The average Bonchev–Trinajstić information content (AvgIpc) is 2.71. The average molecular weight is 411 g/mol. The van der Waals surface area contributed by atoms with Crippen LogP contribution in [-0.2, 0) is 19.1 Å². The zero-order valence-electron chi connectivity index (χ0n) is 15.4. The second-order valence-electron chi connectivity index (χ2n) is 6.59. The van der Waals surface area contributed by atoms with Crippen LogP contribution in [0.25, 0.3) is 0 Å². The van der Waals surface area contributed by atoms with Crippen LogP contribution in [0.3, 0.4) is 0 Å². The standard InChI is InChI=1S/C20H17N3O5S/c1-11(19(26)23-9-17(24)21-13-4-2-3-5-15(13)23)28-20(27)12-6-7-16-14(8-12)22-18(25)10-29-16/h2-8,11H,9-10H2,1H3,(H,21,24)(H,22,25). The number of para-hydroxylation sites is 2. The first-order valence-corrected chi connectivity index (χ1v) is 9.89. The topological polar surface area (TPSA) is 105 Å². The lowest BCUT2D eigenvalue weighted by Crippen LogP contribution is -2.47. The SMILES string of the molecule is CC(OC(=O)c1ccc2c(c1)NC(=O)CS2)C(=O)N1CC(=O)Nc2ccccc21. The highest BCUT2D eigenvalue weighted by Gasteiger charge is 2.31. The van der Waals surface area contributed by atoms with Gasteiger partial charge in [-0.15, -0.1) is 11.8 Å². The Morgan fingerprint density at radius 2 is 1.83 bits per heavy atom. The number of amides is 3. The highest BCUT2D eigenvalue weighted by molar-refractivity contribution is 8.00. The molecule has 2 aliphatic rings. The summed E-state index contributed by atoms with van der Waals surface area (Å²) in [4.78, 5) is 51.0. The van der Waals surface area contributed by atoms with E-state index in [1.54, 1.807) is 36.4 Å².